The highest BCUT2D eigenvalue weighted by Crippen LogP contribution is 2.10. The van der Waals surface area contributed by atoms with Crippen LogP contribution in [0.15, 0.2) is 12.5 Å². The van der Waals surface area contributed by atoms with Gasteiger partial charge in [-0.1, -0.05) is 0 Å². The summed E-state index contributed by atoms with van der Waals surface area (Å²) in [5.74, 6) is -0.397. The molecule has 72 valence electrons. The lowest BCUT2D eigenvalue weighted by Crippen LogP contribution is -2.29. The van der Waals surface area contributed by atoms with Gasteiger partial charge in [0.15, 0.2) is 6.10 Å². The molecule has 1 unspecified atom stereocenters. The number of hydrogen-bond acceptors (Lipinski definition) is 3. The van der Waals surface area contributed by atoms with Gasteiger partial charge in [-0.3, -0.25) is 4.79 Å². The van der Waals surface area contributed by atoms with Crippen LogP contribution in [0.25, 0.3) is 0 Å². The fourth-order valence-electron chi connectivity index (χ4n) is 1.04. The van der Waals surface area contributed by atoms with Crippen LogP contribution >= 0.6 is 0 Å². The predicted octanol–water partition coefficient (Wildman–Crippen LogP) is -0.410. The number of aliphatic hydroxyl groups is 1. The molecule has 5 nitrogen and oxygen atoms in total. The number of likely N-dealkylation sites (N-methyl/N-ethyl adjacent to an activating group) is 1. The molecule has 0 aliphatic heterocycles. The van der Waals surface area contributed by atoms with E-state index in [0.29, 0.717) is 12.2 Å². The molecule has 0 saturated heterocycles. The Hall–Kier alpha value is -1.36. The third-order valence-electron chi connectivity index (χ3n) is 1.73. The summed E-state index contributed by atoms with van der Waals surface area (Å²) in [5, 5.41) is 12.0. The molecule has 0 radical (unpaired) electrons. The maximum absolute atomic E-state index is 11.2. The molecule has 2 N–H and O–H groups in total. The second-order valence-electron chi connectivity index (χ2n) is 2.73. The van der Waals surface area contributed by atoms with Gasteiger partial charge in [0.1, 0.15) is 0 Å². The van der Waals surface area contributed by atoms with Crippen molar-refractivity contribution < 1.29 is 9.90 Å². The van der Waals surface area contributed by atoms with E-state index in [1.54, 1.807) is 18.5 Å². The van der Waals surface area contributed by atoms with E-state index >= 15 is 0 Å². The maximum atomic E-state index is 11.2. The number of aliphatic hydroxyl groups excluding tert-OH is 1. The standard InChI is InChI=1S/C8H13N3O2/c1-3-10-8(13)7(12)6-4-9-5-11(6)2/h4-5,7,12H,3H2,1-2H3,(H,10,13). The number of imidazole rings is 1. The summed E-state index contributed by atoms with van der Waals surface area (Å²) in [4.78, 5) is 15.0. The average molecular weight is 183 g/mol. The van der Waals surface area contributed by atoms with E-state index in [0.717, 1.165) is 0 Å². The number of amides is 1. The van der Waals surface area contributed by atoms with Crippen LogP contribution < -0.4 is 5.32 Å². The molecule has 0 bridgehead atoms. The van der Waals surface area contributed by atoms with Crippen LogP contribution in [0.4, 0.5) is 0 Å². The highest BCUT2D eigenvalue weighted by Gasteiger charge is 2.18. The Bertz CT molecular complexity index is 295. The fraction of sp³-hybridized carbons (Fsp3) is 0.500. The number of hydrogen-bond donors (Lipinski definition) is 2. The molecule has 1 heterocycles. The normalized spacial score (nSPS) is 12.5. The minimum absolute atomic E-state index is 0.397. The zero-order valence-electron chi connectivity index (χ0n) is 7.69. The van der Waals surface area contributed by atoms with E-state index in [9.17, 15) is 9.90 Å². The highest BCUT2D eigenvalue weighted by molar-refractivity contribution is 5.81. The van der Waals surface area contributed by atoms with Crippen LogP contribution in [0.5, 0.6) is 0 Å². The van der Waals surface area contributed by atoms with E-state index in [-0.39, 0.29) is 0 Å². The smallest absolute Gasteiger partial charge is 0.255 e. The molecule has 13 heavy (non-hydrogen) atoms. The van der Waals surface area contributed by atoms with Gasteiger partial charge in [-0.15, -0.1) is 0 Å². The SMILES string of the molecule is CCNC(=O)C(O)c1cncn1C. The van der Waals surface area contributed by atoms with E-state index in [2.05, 4.69) is 10.3 Å². The number of nitrogens with zero attached hydrogens (tertiary/aromatic N) is 2. The minimum atomic E-state index is -1.13. The Morgan fingerprint density at radius 1 is 1.85 bits per heavy atom. The van der Waals surface area contributed by atoms with Crippen LogP contribution in [-0.2, 0) is 11.8 Å². The van der Waals surface area contributed by atoms with E-state index < -0.39 is 12.0 Å². The summed E-state index contributed by atoms with van der Waals surface area (Å²) in [5.41, 5.74) is 0.492. The lowest BCUT2D eigenvalue weighted by molar-refractivity contribution is -0.129. The van der Waals surface area contributed by atoms with Crippen molar-refractivity contribution in [1.82, 2.24) is 14.9 Å². The van der Waals surface area contributed by atoms with Crippen LogP contribution in [-0.4, -0.2) is 27.1 Å². The first-order valence-electron chi connectivity index (χ1n) is 4.08. The fourth-order valence-corrected chi connectivity index (χ4v) is 1.04. The van der Waals surface area contributed by atoms with Gasteiger partial charge in [-0.25, -0.2) is 4.98 Å². The molecule has 0 aliphatic carbocycles. The number of aromatic nitrogens is 2. The summed E-state index contributed by atoms with van der Waals surface area (Å²) in [6.07, 6.45) is 1.88. The van der Waals surface area contributed by atoms with Crippen molar-refractivity contribution in [1.29, 1.82) is 0 Å². The third kappa shape index (κ3) is 2.06. The van der Waals surface area contributed by atoms with Gasteiger partial charge >= 0.3 is 0 Å². The van der Waals surface area contributed by atoms with Crippen molar-refractivity contribution >= 4 is 5.91 Å². The highest BCUT2D eigenvalue weighted by atomic mass is 16.3. The number of carbonyl (C=O) groups excluding carboxylic acids is 1. The Balaban J connectivity index is 2.73. The van der Waals surface area contributed by atoms with Crippen molar-refractivity contribution in [2.45, 2.75) is 13.0 Å². The molecule has 1 atom stereocenters. The number of nitrogens with one attached hydrogen (secondary N) is 1. The molecule has 1 amide bonds. The molecule has 0 aliphatic rings. The second-order valence-corrected chi connectivity index (χ2v) is 2.73. The van der Waals surface area contributed by atoms with Crippen molar-refractivity contribution in [3.63, 3.8) is 0 Å². The number of aryl methyl sites for hydroxylation is 1. The molecular formula is C8H13N3O2. The van der Waals surface area contributed by atoms with E-state index in [1.165, 1.54) is 12.5 Å². The van der Waals surface area contributed by atoms with Gasteiger partial charge < -0.3 is 15.0 Å². The molecule has 1 aromatic rings. The van der Waals surface area contributed by atoms with Crippen LogP contribution in [0.1, 0.15) is 18.7 Å². The first-order chi connectivity index (χ1) is 6.16. The molecule has 0 saturated carbocycles. The molecule has 0 aromatic carbocycles. The predicted molar refractivity (Wildman–Crippen MR) is 46.9 cm³/mol. The molecule has 1 aromatic heterocycles. The molecular weight excluding hydrogens is 170 g/mol. The Morgan fingerprint density at radius 3 is 3.00 bits per heavy atom. The van der Waals surface area contributed by atoms with Gasteiger partial charge in [0, 0.05) is 13.6 Å². The van der Waals surface area contributed by atoms with Gasteiger partial charge in [0.05, 0.1) is 18.2 Å². The van der Waals surface area contributed by atoms with Crippen molar-refractivity contribution in [2.24, 2.45) is 7.05 Å². The molecule has 5 heteroatoms. The summed E-state index contributed by atoms with van der Waals surface area (Å²) in [6, 6.07) is 0. The van der Waals surface area contributed by atoms with E-state index in [4.69, 9.17) is 0 Å². The number of rotatable bonds is 3. The maximum Gasteiger partial charge on any atom is 0.255 e. The zero-order chi connectivity index (χ0) is 9.84. The molecule has 0 spiro atoms. The number of carbonyl (C=O) groups is 1. The Morgan fingerprint density at radius 2 is 2.54 bits per heavy atom. The van der Waals surface area contributed by atoms with Gasteiger partial charge in [-0.05, 0) is 6.92 Å². The Kier molecular flexibility index (Phi) is 3.02. The lowest BCUT2D eigenvalue weighted by Gasteiger charge is -2.10. The zero-order valence-corrected chi connectivity index (χ0v) is 7.69. The summed E-state index contributed by atoms with van der Waals surface area (Å²) in [7, 11) is 1.73. The minimum Gasteiger partial charge on any atom is -0.377 e. The largest absolute Gasteiger partial charge is 0.377 e. The molecule has 0 fully saturated rings. The second kappa shape index (κ2) is 4.04. The quantitative estimate of drug-likeness (QED) is 0.669. The van der Waals surface area contributed by atoms with Crippen molar-refractivity contribution in [3.8, 4) is 0 Å². The van der Waals surface area contributed by atoms with Gasteiger partial charge in [0.25, 0.3) is 5.91 Å². The Labute approximate surface area is 76.4 Å². The summed E-state index contributed by atoms with van der Waals surface area (Å²) in [6.45, 7) is 2.31. The lowest BCUT2D eigenvalue weighted by atomic mass is 10.2. The monoisotopic (exact) mass is 183 g/mol. The summed E-state index contributed by atoms with van der Waals surface area (Å²) < 4.78 is 1.61. The topological polar surface area (TPSA) is 67.2 Å². The van der Waals surface area contributed by atoms with Crippen molar-refractivity contribution in [2.75, 3.05) is 6.54 Å². The van der Waals surface area contributed by atoms with Gasteiger partial charge in [-0.2, -0.15) is 0 Å². The first kappa shape index (κ1) is 9.73. The van der Waals surface area contributed by atoms with Crippen LogP contribution in [0.2, 0.25) is 0 Å². The third-order valence-corrected chi connectivity index (χ3v) is 1.73. The average Bonchev–Trinajstić information content (AvgIpc) is 2.50. The van der Waals surface area contributed by atoms with Crippen LogP contribution in [0, 0.1) is 0 Å². The summed E-state index contributed by atoms with van der Waals surface area (Å²) >= 11 is 0. The first-order valence-corrected chi connectivity index (χ1v) is 4.08. The molecule has 1 rings (SSSR count). The van der Waals surface area contributed by atoms with Gasteiger partial charge in [0.2, 0.25) is 0 Å². The van der Waals surface area contributed by atoms with Crippen molar-refractivity contribution in [3.05, 3.63) is 18.2 Å². The van der Waals surface area contributed by atoms with E-state index in [1.807, 2.05) is 0 Å². The van der Waals surface area contributed by atoms with Crippen LogP contribution in [0.3, 0.4) is 0 Å².